The van der Waals surface area contributed by atoms with Gasteiger partial charge in [0.05, 0.1) is 12.5 Å². The summed E-state index contributed by atoms with van der Waals surface area (Å²) >= 11 is 0. The van der Waals surface area contributed by atoms with Crippen LogP contribution in [0.4, 0.5) is 0 Å². The number of benzene rings is 1. The molecule has 1 aromatic carbocycles. The van der Waals surface area contributed by atoms with Crippen molar-refractivity contribution in [1.82, 2.24) is 16.0 Å². The van der Waals surface area contributed by atoms with Gasteiger partial charge in [-0.25, -0.2) is 4.79 Å². The number of amides is 5. The molecule has 0 aromatic heterocycles. The molecule has 210 valence electrons. The summed E-state index contributed by atoms with van der Waals surface area (Å²) in [6.07, 6.45) is 0.190. The standard InChI is InChI=1S/C24H37N7O7/c25-11-5-4-8-16(29-21(34)15(26)12-14-6-2-1-3-7-14)22(35)30-17(9-10-19(27)32)23(36)31-18(24(37)38)13-20(28)33/h1-3,6-7,15-18H,4-5,8-13,25-26H2,(H2,27,32)(H2,28,33)(H,29,34)(H,30,35)(H,31,36)(H,37,38). The van der Waals surface area contributed by atoms with Crippen molar-refractivity contribution in [2.45, 2.75) is 69.1 Å². The minimum absolute atomic E-state index is 0.177. The summed E-state index contributed by atoms with van der Waals surface area (Å²) in [5.41, 5.74) is 22.6. The van der Waals surface area contributed by atoms with E-state index in [1.165, 1.54) is 0 Å². The number of carboxylic acid groups (broad SMARTS) is 1. The number of rotatable bonds is 18. The van der Waals surface area contributed by atoms with E-state index in [4.69, 9.17) is 22.9 Å². The Balaban J connectivity index is 3.01. The zero-order valence-corrected chi connectivity index (χ0v) is 21.1. The highest BCUT2D eigenvalue weighted by atomic mass is 16.4. The molecule has 0 spiro atoms. The number of carbonyl (C=O) groups is 6. The molecule has 0 aliphatic heterocycles. The summed E-state index contributed by atoms with van der Waals surface area (Å²) in [5, 5.41) is 16.4. The number of carboxylic acids is 1. The number of nitrogens with two attached hydrogens (primary N) is 4. The van der Waals surface area contributed by atoms with Crippen LogP contribution in [-0.4, -0.2) is 71.3 Å². The smallest absolute Gasteiger partial charge is 0.326 e. The Kier molecular flexibility index (Phi) is 14.0. The van der Waals surface area contributed by atoms with Crippen molar-refractivity contribution >= 4 is 35.5 Å². The summed E-state index contributed by atoms with van der Waals surface area (Å²) in [7, 11) is 0. The number of hydrogen-bond donors (Lipinski definition) is 8. The van der Waals surface area contributed by atoms with Crippen molar-refractivity contribution < 1.29 is 33.9 Å². The molecule has 0 fully saturated rings. The van der Waals surface area contributed by atoms with E-state index < -0.39 is 66.1 Å². The van der Waals surface area contributed by atoms with Crippen LogP contribution in [0.1, 0.15) is 44.1 Å². The van der Waals surface area contributed by atoms with Gasteiger partial charge in [0.25, 0.3) is 0 Å². The molecule has 0 radical (unpaired) electrons. The van der Waals surface area contributed by atoms with Gasteiger partial charge in [0, 0.05) is 6.42 Å². The van der Waals surface area contributed by atoms with Crippen LogP contribution < -0.4 is 38.9 Å². The SMILES string of the molecule is NCCCCC(NC(=O)C(N)Cc1ccccc1)C(=O)NC(CCC(N)=O)C(=O)NC(CC(N)=O)C(=O)O. The molecule has 5 amide bonds. The molecular weight excluding hydrogens is 498 g/mol. The average Bonchev–Trinajstić information content (AvgIpc) is 2.85. The van der Waals surface area contributed by atoms with Crippen molar-refractivity contribution in [2.75, 3.05) is 6.54 Å². The maximum absolute atomic E-state index is 13.1. The minimum atomic E-state index is -1.65. The van der Waals surface area contributed by atoms with E-state index in [0.717, 1.165) is 5.56 Å². The number of unbranched alkanes of at least 4 members (excludes halogenated alkanes) is 1. The van der Waals surface area contributed by atoms with Gasteiger partial charge >= 0.3 is 5.97 Å². The lowest BCUT2D eigenvalue weighted by atomic mass is 10.0. The van der Waals surface area contributed by atoms with Crippen LogP contribution in [0.2, 0.25) is 0 Å². The van der Waals surface area contributed by atoms with Crippen LogP contribution in [0.25, 0.3) is 0 Å². The van der Waals surface area contributed by atoms with E-state index in [-0.39, 0.29) is 25.7 Å². The Morgan fingerprint density at radius 2 is 1.32 bits per heavy atom. The van der Waals surface area contributed by atoms with E-state index >= 15 is 0 Å². The topological polar surface area (TPSA) is 263 Å². The minimum Gasteiger partial charge on any atom is -0.480 e. The van der Waals surface area contributed by atoms with Crippen molar-refractivity contribution in [3.63, 3.8) is 0 Å². The molecular formula is C24H37N7O7. The Hall–Kier alpha value is -4.04. The molecule has 4 atom stereocenters. The molecule has 14 nitrogen and oxygen atoms in total. The van der Waals surface area contributed by atoms with Crippen LogP contribution >= 0.6 is 0 Å². The Morgan fingerprint density at radius 1 is 0.763 bits per heavy atom. The summed E-state index contributed by atoms with van der Waals surface area (Å²) < 4.78 is 0. The van der Waals surface area contributed by atoms with Gasteiger partial charge in [-0.1, -0.05) is 30.3 Å². The first kappa shape index (κ1) is 32.0. The van der Waals surface area contributed by atoms with Crippen LogP contribution in [-0.2, 0) is 35.2 Å². The maximum atomic E-state index is 13.1. The molecule has 0 bridgehead atoms. The van der Waals surface area contributed by atoms with Gasteiger partial charge in [-0.2, -0.15) is 0 Å². The second kappa shape index (κ2) is 16.7. The summed E-state index contributed by atoms with van der Waals surface area (Å²) in [4.78, 5) is 72.5. The fraction of sp³-hybridized carbons (Fsp3) is 0.500. The molecule has 0 aliphatic carbocycles. The largest absolute Gasteiger partial charge is 0.480 e. The van der Waals surface area contributed by atoms with E-state index in [1.807, 2.05) is 18.2 Å². The number of aliphatic carboxylic acids is 1. The third-order valence-corrected chi connectivity index (χ3v) is 5.55. The van der Waals surface area contributed by atoms with Crippen LogP contribution in [0.5, 0.6) is 0 Å². The van der Waals surface area contributed by atoms with Gasteiger partial charge in [0.1, 0.15) is 18.1 Å². The van der Waals surface area contributed by atoms with Crippen molar-refractivity contribution in [3.8, 4) is 0 Å². The highest BCUT2D eigenvalue weighted by Crippen LogP contribution is 2.07. The maximum Gasteiger partial charge on any atom is 0.326 e. The van der Waals surface area contributed by atoms with E-state index in [1.54, 1.807) is 12.1 Å². The zero-order chi connectivity index (χ0) is 28.7. The predicted octanol–water partition coefficient (Wildman–Crippen LogP) is -2.63. The number of carbonyl (C=O) groups excluding carboxylic acids is 5. The first-order chi connectivity index (χ1) is 17.9. The monoisotopic (exact) mass is 535 g/mol. The molecule has 0 saturated carbocycles. The highest BCUT2D eigenvalue weighted by Gasteiger charge is 2.31. The van der Waals surface area contributed by atoms with Crippen molar-refractivity contribution in [2.24, 2.45) is 22.9 Å². The second-order valence-corrected chi connectivity index (χ2v) is 8.78. The lowest BCUT2D eigenvalue weighted by molar-refractivity contribution is -0.144. The third kappa shape index (κ3) is 12.3. The van der Waals surface area contributed by atoms with Gasteiger partial charge in [0.15, 0.2) is 0 Å². The van der Waals surface area contributed by atoms with Gasteiger partial charge in [-0.15, -0.1) is 0 Å². The van der Waals surface area contributed by atoms with Crippen LogP contribution in [0.15, 0.2) is 30.3 Å². The lowest BCUT2D eigenvalue weighted by Crippen LogP contribution is -2.57. The Labute approximate surface area is 220 Å². The second-order valence-electron chi connectivity index (χ2n) is 8.78. The summed E-state index contributed by atoms with van der Waals surface area (Å²) in [6, 6.07) is 3.95. The molecule has 12 N–H and O–H groups in total. The van der Waals surface area contributed by atoms with Crippen molar-refractivity contribution in [1.29, 1.82) is 0 Å². The Bertz CT molecular complexity index is 974. The van der Waals surface area contributed by atoms with Gasteiger partial charge in [-0.3, -0.25) is 24.0 Å². The molecule has 14 heteroatoms. The Morgan fingerprint density at radius 3 is 1.84 bits per heavy atom. The molecule has 4 unspecified atom stereocenters. The molecule has 0 aliphatic rings. The van der Waals surface area contributed by atoms with E-state index in [0.29, 0.717) is 19.4 Å². The average molecular weight is 536 g/mol. The molecule has 0 saturated heterocycles. The van der Waals surface area contributed by atoms with Crippen molar-refractivity contribution in [3.05, 3.63) is 35.9 Å². The van der Waals surface area contributed by atoms with Crippen LogP contribution in [0, 0.1) is 0 Å². The fourth-order valence-corrected chi connectivity index (χ4v) is 3.50. The van der Waals surface area contributed by atoms with E-state index in [2.05, 4.69) is 16.0 Å². The first-order valence-corrected chi connectivity index (χ1v) is 12.1. The van der Waals surface area contributed by atoms with Crippen LogP contribution in [0.3, 0.4) is 0 Å². The number of primary amides is 2. The quantitative estimate of drug-likeness (QED) is 0.0912. The number of nitrogens with one attached hydrogen (secondary N) is 3. The summed E-state index contributed by atoms with van der Waals surface area (Å²) in [5.74, 6) is -5.56. The van der Waals surface area contributed by atoms with E-state index in [9.17, 15) is 33.9 Å². The zero-order valence-electron chi connectivity index (χ0n) is 21.1. The summed E-state index contributed by atoms with van der Waals surface area (Å²) in [6.45, 7) is 0.357. The number of hydrogen-bond acceptors (Lipinski definition) is 8. The first-order valence-electron chi connectivity index (χ1n) is 12.1. The third-order valence-electron chi connectivity index (χ3n) is 5.55. The predicted molar refractivity (Wildman–Crippen MR) is 137 cm³/mol. The fourth-order valence-electron chi connectivity index (χ4n) is 3.50. The molecule has 38 heavy (non-hydrogen) atoms. The van der Waals surface area contributed by atoms with Gasteiger partial charge in [-0.05, 0) is 44.2 Å². The molecule has 1 aromatic rings. The molecule has 0 heterocycles. The van der Waals surface area contributed by atoms with Gasteiger partial charge < -0.3 is 44.0 Å². The molecule has 1 rings (SSSR count). The lowest BCUT2D eigenvalue weighted by Gasteiger charge is -2.25. The normalized spacial score (nSPS) is 13.8. The van der Waals surface area contributed by atoms with Gasteiger partial charge in [0.2, 0.25) is 29.5 Å². The highest BCUT2D eigenvalue weighted by molar-refractivity contribution is 5.95.